The van der Waals surface area contributed by atoms with E-state index >= 15 is 0 Å². The SMILES string of the molecule is C=CCN1CCC2CCC(C1)N2C(c1ccc(C(=O)N2CCCCCC2)cc1)c1cccc(O)c1. The molecule has 0 saturated carbocycles. The first-order valence-corrected chi connectivity index (χ1v) is 13.4. The smallest absolute Gasteiger partial charge is 0.253 e. The molecule has 3 aliphatic rings. The third-order valence-corrected chi connectivity index (χ3v) is 8.16. The van der Waals surface area contributed by atoms with Crippen LogP contribution in [0, 0.1) is 0 Å². The summed E-state index contributed by atoms with van der Waals surface area (Å²) in [5.41, 5.74) is 3.09. The van der Waals surface area contributed by atoms with Gasteiger partial charge in [0.05, 0.1) is 6.04 Å². The Morgan fingerprint density at radius 2 is 1.69 bits per heavy atom. The Bertz CT molecular complexity index is 1010. The summed E-state index contributed by atoms with van der Waals surface area (Å²) in [4.78, 5) is 20.4. The highest BCUT2D eigenvalue weighted by Crippen LogP contribution is 2.41. The van der Waals surface area contributed by atoms with Gasteiger partial charge in [-0.15, -0.1) is 6.58 Å². The minimum absolute atomic E-state index is 0.0608. The van der Waals surface area contributed by atoms with Gasteiger partial charge in [0.15, 0.2) is 0 Å². The zero-order valence-corrected chi connectivity index (χ0v) is 20.8. The number of hydrogen-bond donors (Lipinski definition) is 1. The van der Waals surface area contributed by atoms with Crippen molar-refractivity contribution in [2.75, 3.05) is 32.7 Å². The summed E-state index contributed by atoms with van der Waals surface area (Å²) in [5.74, 6) is 0.457. The molecule has 1 amide bonds. The Balaban J connectivity index is 1.45. The van der Waals surface area contributed by atoms with Crippen molar-refractivity contribution in [3.8, 4) is 5.75 Å². The van der Waals surface area contributed by atoms with Crippen LogP contribution in [0.15, 0.2) is 61.2 Å². The lowest BCUT2D eigenvalue weighted by Gasteiger charge is -2.37. The van der Waals surface area contributed by atoms with Gasteiger partial charge in [0.25, 0.3) is 5.91 Å². The number of phenols is 1. The molecule has 1 N–H and O–H groups in total. The zero-order chi connectivity index (χ0) is 24.2. The van der Waals surface area contributed by atoms with Crippen LogP contribution in [-0.4, -0.2) is 70.5 Å². The molecule has 3 saturated heterocycles. The second-order valence-corrected chi connectivity index (χ2v) is 10.5. The maximum Gasteiger partial charge on any atom is 0.253 e. The van der Waals surface area contributed by atoms with Gasteiger partial charge in [0.1, 0.15) is 5.75 Å². The topological polar surface area (TPSA) is 47.0 Å². The van der Waals surface area contributed by atoms with Crippen molar-refractivity contribution in [2.45, 2.75) is 63.1 Å². The Hall–Kier alpha value is -2.63. The molecule has 5 rings (SSSR count). The third kappa shape index (κ3) is 5.31. The van der Waals surface area contributed by atoms with Crippen molar-refractivity contribution in [1.82, 2.24) is 14.7 Å². The fraction of sp³-hybridized carbons (Fsp3) is 0.500. The van der Waals surface area contributed by atoms with Crippen LogP contribution in [0.3, 0.4) is 0 Å². The van der Waals surface area contributed by atoms with E-state index in [2.05, 4.69) is 34.6 Å². The highest BCUT2D eigenvalue weighted by atomic mass is 16.3. The summed E-state index contributed by atoms with van der Waals surface area (Å²) < 4.78 is 0. The number of amides is 1. The number of benzene rings is 2. The van der Waals surface area contributed by atoms with Gasteiger partial charge in [-0.05, 0) is 67.5 Å². The van der Waals surface area contributed by atoms with Gasteiger partial charge in [-0.25, -0.2) is 0 Å². The molecule has 186 valence electrons. The zero-order valence-electron chi connectivity index (χ0n) is 20.8. The number of likely N-dealkylation sites (tertiary alicyclic amines) is 2. The van der Waals surface area contributed by atoms with Crippen LogP contribution >= 0.6 is 0 Å². The van der Waals surface area contributed by atoms with Crippen molar-refractivity contribution in [3.05, 3.63) is 77.9 Å². The predicted octanol–water partition coefficient (Wildman–Crippen LogP) is 5.22. The lowest BCUT2D eigenvalue weighted by atomic mass is 9.94. The van der Waals surface area contributed by atoms with Crippen LogP contribution in [0.1, 0.15) is 72.5 Å². The molecule has 0 spiro atoms. The van der Waals surface area contributed by atoms with Gasteiger partial charge in [0.2, 0.25) is 0 Å². The fourth-order valence-electron chi connectivity index (χ4n) is 6.45. The number of hydrogen-bond acceptors (Lipinski definition) is 4. The third-order valence-electron chi connectivity index (χ3n) is 8.16. The van der Waals surface area contributed by atoms with Crippen LogP contribution in [0.25, 0.3) is 0 Å². The summed E-state index contributed by atoms with van der Waals surface area (Å²) in [6, 6.07) is 17.1. The van der Waals surface area contributed by atoms with Crippen molar-refractivity contribution in [1.29, 1.82) is 0 Å². The van der Waals surface area contributed by atoms with E-state index in [0.29, 0.717) is 17.8 Å². The van der Waals surface area contributed by atoms with E-state index in [1.807, 2.05) is 35.2 Å². The lowest BCUT2D eigenvalue weighted by Crippen LogP contribution is -2.42. The van der Waals surface area contributed by atoms with E-state index in [1.165, 1.54) is 31.2 Å². The molecule has 2 bridgehead atoms. The molecule has 3 unspecified atom stereocenters. The average Bonchev–Trinajstić information content (AvgIpc) is 3.02. The van der Waals surface area contributed by atoms with Crippen molar-refractivity contribution < 1.29 is 9.90 Å². The van der Waals surface area contributed by atoms with Crippen LogP contribution < -0.4 is 0 Å². The number of carbonyl (C=O) groups is 1. The molecule has 3 heterocycles. The summed E-state index contributed by atoms with van der Waals surface area (Å²) >= 11 is 0. The lowest BCUT2D eigenvalue weighted by molar-refractivity contribution is 0.0761. The molecule has 3 fully saturated rings. The Morgan fingerprint density at radius 3 is 2.40 bits per heavy atom. The molecule has 0 radical (unpaired) electrons. The summed E-state index contributed by atoms with van der Waals surface area (Å²) in [7, 11) is 0. The number of phenolic OH excluding ortho intramolecular Hbond substituents is 1. The van der Waals surface area contributed by atoms with Gasteiger partial charge < -0.3 is 10.0 Å². The Labute approximate surface area is 210 Å². The first-order chi connectivity index (χ1) is 17.1. The van der Waals surface area contributed by atoms with Gasteiger partial charge >= 0.3 is 0 Å². The minimum Gasteiger partial charge on any atom is -0.508 e. The minimum atomic E-state index is 0.0608. The summed E-state index contributed by atoms with van der Waals surface area (Å²) in [6.45, 7) is 8.76. The normalized spacial score (nSPS) is 24.5. The number of nitrogens with zero attached hydrogens (tertiary/aromatic N) is 3. The fourth-order valence-corrected chi connectivity index (χ4v) is 6.45. The monoisotopic (exact) mass is 473 g/mol. The van der Waals surface area contributed by atoms with Crippen LogP contribution in [-0.2, 0) is 0 Å². The molecule has 5 nitrogen and oxygen atoms in total. The highest BCUT2D eigenvalue weighted by Gasteiger charge is 2.42. The van der Waals surface area contributed by atoms with Gasteiger partial charge in [-0.3, -0.25) is 14.6 Å². The molecular formula is C30H39N3O2. The highest BCUT2D eigenvalue weighted by molar-refractivity contribution is 5.94. The van der Waals surface area contributed by atoms with Crippen molar-refractivity contribution in [2.24, 2.45) is 0 Å². The first kappa shape index (κ1) is 24.1. The van der Waals surface area contributed by atoms with Gasteiger partial charge in [-0.1, -0.05) is 43.2 Å². The van der Waals surface area contributed by atoms with E-state index in [1.54, 1.807) is 6.07 Å². The molecule has 2 aromatic rings. The maximum atomic E-state index is 13.2. The Morgan fingerprint density at radius 1 is 0.943 bits per heavy atom. The molecule has 3 atom stereocenters. The summed E-state index contributed by atoms with van der Waals surface area (Å²) in [5, 5.41) is 10.3. The molecular weight excluding hydrogens is 434 g/mol. The average molecular weight is 474 g/mol. The second kappa shape index (κ2) is 11.0. The van der Waals surface area contributed by atoms with Gasteiger partial charge in [0, 0.05) is 50.4 Å². The maximum absolute atomic E-state index is 13.2. The van der Waals surface area contributed by atoms with Crippen LogP contribution in [0.2, 0.25) is 0 Å². The predicted molar refractivity (Wildman–Crippen MR) is 141 cm³/mol. The Kier molecular flexibility index (Phi) is 7.54. The summed E-state index contributed by atoms with van der Waals surface area (Å²) in [6.07, 6.45) is 10.2. The number of fused-ring (bicyclic) bond motifs is 2. The van der Waals surface area contributed by atoms with E-state index in [4.69, 9.17) is 0 Å². The molecule has 35 heavy (non-hydrogen) atoms. The molecule has 0 aromatic heterocycles. The standard InChI is InChI=1S/C30H39N3O2/c1-2-17-31-20-16-26-14-15-27(22-31)33(26)29(25-8-7-9-28(34)21-25)23-10-12-24(13-11-23)30(35)32-18-5-3-4-6-19-32/h2,7-13,21,26-27,29,34H,1,3-6,14-20,22H2. The van der Waals surface area contributed by atoms with Crippen molar-refractivity contribution in [3.63, 3.8) is 0 Å². The number of aromatic hydroxyl groups is 1. The van der Waals surface area contributed by atoms with Gasteiger partial charge in [-0.2, -0.15) is 0 Å². The van der Waals surface area contributed by atoms with Crippen LogP contribution in [0.4, 0.5) is 0 Å². The largest absolute Gasteiger partial charge is 0.508 e. The molecule has 3 aliphatic heterocycles. The first-order valence-electron chi connectivity index (χ1n) is 13.4. The quantitative estimate of drug-likeness (QED) is 0.584. The van der Waals surface area contributed by atoms with Crippen LogP contribution in [0.5, 0.6) is 5.75 Å². The second-order valence-electron chi connectivity index (χ2n) is 10.5. The molecule has 0 aliphatic carbocycles. The van der Waals surface area contributed by atoms with E-state index in [0.717, 1.165) is 63.1 Å². The molecule has 2 aromatic carbocycles. The van der Waals surface area contributed by atoms with E-state index < -0.39 is 0 Å². The molecule has 5 heteroatoms. The number of carbonyl (C=O) groups excluding carboxylic acids is 1. The number of rotatable bonds is 6. The van der Waals surface area contributed by atoms with Crippen molar-refractivity contribution >= 4 is 5.91 Å². The van der Waals surface area contributed by atoms with E-state index in [-0.39, 0.29) is 11.9 Å². The van der Waals surface area contributed by atoms with E-state index in [9.17, 15) is 9.90 Å².